The molecule has 1 heterocycles. The van der Waals surface area contributed by atoms with Crippen molar-refractivity contribution in [2.45, 2.75) is 13.3 Å². The van der Waals surface area contributed by atoms with Gasteiger partial charge in [-0.3, -0.25) is 4.57 Å². The number of para-hydroxylation sites is 2. The Morgan fingerprint density at radius 2 is 1.05 bits per heavy atom. The molecule has 0 unspecified atom stereocenters. The normalized spacial score (nSPS) is 12.0. The summed E-state index contributed by atoms with van der Waals surface area (Å²) in [5, 5.41) is 10.1. The van der Waals surface area contributed by atoms with Crippen LogP contribution in [0.3, 0.4) is 0 Å². The maximum atomic E-state index is 5.06. The third kappa shape index (κ3) is 4.62. The van der Waals surface area contributed by atoms with Crippen molar-refractivity contribution in [1.82, 2.24) is 9.55 Å². The fourth-order valence-corrected chi connectivity index (χ4v) is 9.87. The van der Waals surface area contributed by atoms with Crippen molar-refractivity contribution in [2.75, 3.05) is 0 Å². The van der Waals surface area contributed by atoms with Crippen molar-refractivity contribution in [3.8, 4) is 61.3 Å². The van der Waals surface area contributed by atoms with E-state index in [0.717, 1.165) is 29.0 Å². The molecule has 1 aliphatic rings. The van der Waals surface area contributed by atoms with Gasteiger partial charge >= 0.3 is 0 Å². The van der Waals surface area contributed by atoms with Crippen LogP contribution in [-0.4, -0.2) is 9.55 Å². The summed E-state index contributed by atoms with van der Waals surface area (Å²) in [5.41, 5.74) is 16.0. The Balaban J connectivity index is 1.21. The first-order chi connectivity index (χ1) is 28.3. The third-order valence-corrected chi connectivity index (χ3v) is 12.3. The number of hydrogen-bond acceptors (Lipinski definition) is 1. The lowest BCUT2D eigenvalue weighted by molar-refractivity contribution is 0.913. The predicted octanol–water partition coefficient (Wildman–Crippen LogP) is 14.8. The molecule has 11 aromatic rings. The number of hydrogen-bond donors (Lipinski definition) is 0. The van der Waals surface area contributed by atoms with Gasteiger partial charge in [0.05, 0.1) is 16.7 Å². The first-order valence-corrected chi connectivity index (χ1v) is 20.0. The highest BCUT2D eigenvalue weighted by atomic mass is 15.1. The van der Waals surface area contributed by atoms with Crippen LogP contribution in [0.5, 0.6) is 0 Å². The number of fused-ring (bicyclic) bond motifs is 7. The zero-order chi connectivity index (χ0) is 37.6. The van der Waals surface area contributed by atoms with E-state index in [-0.39, 0.29) is 0 Å². The Kier molecular flexibility index (Phi) is 6.94. The number of imidazole rings is 1. The Hall–Kier alpha value is -7.29. The monoisotopic (exact) mass is 724 g/mol. The summed E-state index contributed by atoms with van der Waals surface area (Å²) in [4.78, 5) is 5.06. The summed E-state index contributed by atoms with van der Waals surface area (Å²) in [6, 6.07) is 69.5. The molecule has 2 nitrogen and oxygen atoms in total. The lowest BCUT2D eigenvalue weighted by Crippen LogP contribution is -2.01. The maximum absolute atomic E-state index is 5.06. The SMILES string of the molecule is CCc1nc2ccccc2n1-c1ccc(-c2c3ccccc3c(-c3ccc4cccc5c4c3-c3ccccc3-5)c3cc(-c4ccccc4)ccc23)c2ccccc12. The number of benzene rings is 10. The molecule has 10 aromatic carbocycles. The topological polar surface area (TPSA) is 17.8 Å². The minimum atomic E-state index is 0.841. The molecule has 0 saturated heterocycles. The van der Waals surface area contributed by atoms with Crippen LogP contribution in [0.4, 0.5) is 0 Å². The molecule has 0 spiro atoms. The van der Waals surface area contributed by atoms with E-state index in [4.69, 9.17) is 4.98 Å². The van der Waals surface area contributed by atoms with Crippen LogP contribution in [0.25, 0.3) is 115 Å². The average molecular weight is 725 g/mol. The first-order valence-electron chi connectivity index (χ1n) is 20.0. The van der Waals surface area contributed by atoms with E-state index in [0.29, 0.717) is 0 Å². The van der Waals surface area contributed by atoms with Crippen LogP contribution >= 0.6 is 0 Å². The fraction of sp³-hybridized carbons (Fsp3) is 0.0364. The third-order valence-electron chi connectivity index (χ3n) is 12.3. The molecule has 0 bridgehead atoms. The number of aryl methyl sites for hydroxylation is 1. The van der Waals surface area contributed by atoms with E-state index in [1.165, 1.54) is 98.7 Å². The van der Waals surface area contributed by atoms with Gasteiger partial charge in [0, 0.05) is 11.8 Å². The minimum Gasteiger partial charge on any atom is -0.296 e. The Morgan fingerprint density at radius 1 is 0.404 bits per heavy atom. The van der Waals surface area contributed by atoms with E-state index < -0.39 is 0 Å². The molecule has 0 radical (unpaired) electrons. The lowest BCUT2D eigenvalue weighted by Gasteiger charge is -2.22. The molecule has 2 heteroatoms. The maximum Gasteiger partial charge on any atom is 0.114 e. The average Bonchev–Trinajstić information content (AvgIpc) is 3.83. The molecule has 0 amide bonds. The molecule has 57 heavy (non-hydrogen) atoms. The summed E-state index contributed by atoms with van der Waals surface area (Å²) < 4.78 is 2.36. The van der Waals surface area contributed by atoms with Crippen molar-refractivity contribution in [2.24, 2.45) is 0 Å². The smallest absolute Gasteiger partial charge is 0.114 e. The van der Waals surface area contributed by atoms with Gasteiger partial charge in [-0.05, 0) is 118 Å². The van der Waals surface area contributed by atoms with Crippen molar-refractivity contribution in [3.05, 3.63) is 194 Å². The Bertz CT molecular complexity index is 3440. The summed E-state index contributed by atoms with van der Waals surface area (Å²) >= 11 is 0. The van der Waals surface area contributed by atoms with Gasteiger partial charge in [-0.15, -0.1) is 0 Å². The first kappa shape index (κ1) is 32.0. The Labute approximate surface area is 330 Å². The Morgan fingerprint density at radius 3 is 1.88 bits per heavy atom. The van der Waals surface area contributed by atoms with Gasteiger partial charge in [-0.2, -0.15) is 0 Å². The molecule has 0 aliphatic heterocycles. The van der Waals surface area contributed by atoms with E-state index in [9.17, 15) is 0 Å². The second-order valence-electron chi connectivity index (χ2n) is 15.2. The highest BCUT2D eigenvalue weighted by Crippen LogP contribution is 2.54. The molecular formula is C55H36N2. The van der Waals surface area contributed by atoms with Crippen LogP contribution in [0, 0.1) is 0 Å². The van der Waals surface area contributed by atoms with Gasteiger partial charge in [-0.1, -0.05) is 171 Å². The van der Waals surface area contributed by atoms with Gasteiger partial charge in [0.25, 0.3) is 0 Å². The highest BCUT2D eigenvalue weighted by Gasteiger charge is 2.27. The molecule has 12 rings (SSSR count). The summed E-state index contributed by atoms with van der Waals surface area (Å²) in [7, 11) is 0. The fourth-order valence-electron chi connectivity index (χ4n) is 9.87. The quantitative estimate of drug-likeness (QED) is 0.162. The van der Waals surface area contributed by atoms with E-state index in [1.54, 1.807) is 0 Å². The minimum absolute atomic E-state index is 0.841. The molecule has 266 valence electrons. The van der Waals surface area contributed by atoms with E-state index in [1.807, 2.05) is 0 Å². The summed E-state index contributed by atoms with van der Waals surface area (Å²) in [6.07, 6.45) is 0.841. The van der Waals surface area contributed by atoms with Crippen LogP contribution in [0.1, 0.15) is 12.7 Å². The van der Waals surface area contributed by atoms with Crippen molar-refractivity contribution in [1.29, 1.82) is 0 Å². The second kappa shape index (κ2) is 12.4. The largest absolute Gasteiger partial charge is 0.296 e. The molecule has 0 fully saturated rings. The van der Waals surface area contributed by atoms with E-state index in [2.05, 4.69) is 200 Å². The van der Waals surface area contributed by atoms with E-state index >= 15 is 0 Å². The van der Waals surface area contributed by atoms with Crippen LogP contribution in [-0.2, 0) is 6.42 Å². The highest BCUT2D eigenvalue weighted by molar-refractivity contribution is 6.28. The predicted molar refractivity (Wildman–Crippen MR) is 241 cm³/mol. The number of aromatic nitrogens is 2. The van der Waals surface area contributed by atoms with Crippen molar-refractivity contribution < 1.29 is 0 Å². The van der Waals surface area contributed by atoms with Gasteiger partial charge in [0.15, 0.2) is 0 Å². The van der Waals surface area contributed by atoms with Crippen LogP contribution in [0.15, 0.2) is 188 Å². The lowest BCUT2D eigenvalue weighted by atomic mass is 9.81. The molecule has 1 aromatic heterocycles. The number of nitrogens with zero attached hydrogens (tertiary/aromatic N) is 2. The van der Waals surface area contributed by atoms with Crippen LogP contribution in [0.2, 0.25) is 0 Å². The molecule has 0 atom stereocenters. The molecule has 1 aliphatic carbocycles. The molecule has 0 saturated carbocycles. The second-order valence-corrected chi connectivity index (χ2v) is 15.2. The van der Waals surface area contributed by atoms with Crippen molar-refractivity contribution >= 4 is 54.1 Å². The standard InChI is InChI=1S/C55H36N2/c1-2-51-56-48-25-12-13-26-50(48)57(51)49-32-31-44(37-18-6-8-20-39(37)49)53-42-22-10-11-23-43(42)54(47-33-36(28-29-45(47)53)34-15-4-3-5-16-34)46-30-27-35-17-14-24-40-38-19-7-9-21-41(38)55(46)52(35)40/h3-33H,2H2,1H3. The zero-order valence-corrected chi connectivity index (χ0v) is 31.5. The van der Waals surface area contributed by atoms with Gasteiger partial charge in [0.1, 0.15) is 5.82 Å². The number of rotatable bonds is 5. The van der Waals surface area contributed by atoms with Gasteiger partial charge in [-0.25, -0.2) is 4.98 Å². The zero-order valence-electron chi connectivity index (χ0n) is 31.5. The van der Waals surface area contributed by atoms with Crippen LogP contribution < -0.4 is 0 Å². The van der Waals surface area contributed by atoms with Crippen molar-refractivity contribution in [3.63, 3.8) is 0 Å². The van der Waals surface area contributed by atoms with Gasteiger partial charge in [0.2, 0.25) is 0 Å². The summed E-state index contributed by atoms with van der Waals surface area (Å²) in [5.74, 6) is 1.07. The molecule has 0 N–H and O–H groups in total. The van der Waals surface area contributed by atoms with Gasteiger partial charge < -0.3 is 0 Å². The summed E-state index contributed by atoms with van der Waals surface area (Å²) in [6.45, 7) is 2.19. The molecular weight excluding hydrogens is 689 g/mol.